The molecule has 52 heavy (non-hydrogen) atoms. The molecule has 246 valence electrons. The zero-order valence-corrected chi connectivity index (χ0v) is 28.4. The van der Waals surface area contributed by atoms with E-state index in [2.05, 4.69) is 192 Å². The summed E-state index contributed by atoms with van der Waals surface area (Å²) in [6.45, 7) is 0. The number of para-hydroxylation sites is 3. The van der Waals surface area contributed by atoms with Gasteiger partial charge in [-0.05, 0) is 88.0 Å². The number of anilines is 1. The fraction of sp³-hybridized carbons (Fsp3) is 0.0417. The van der Waals surface area contributed by atoms with E-state index in [9.17, 15) is 0 Å². The molecule has 2 aliphatic rings. The Labute approximate surface area is 303 Å². The van der Waals surface area contributed by atoms with Crippen molar-refractivity contribution in [2.45, 2.75) is 12.0 Å². The van der Waals surface area contributed by atoms with E-state index in [0.717, 1.165) is 61.6 Å². The van der Waals surface area contributed by atoms with Crippen LogP contribution >= 0.6 is 0 Å². The van der Waals surface area contributed by atoms with Crippen LogP contribution in [0.25, 0.3) is 66.9 Å². The van der Waals surface area contributed by atoms with Crippen LogP contribution in [0.4, 0.5) is 5.69 Å². The highest BCUT2D eigenvalue weighted by atomic mass is 15.1. The number of allylic oxidation sites excluding steroid dienone is 2. The fourth-order valence-corrected chi connectivity index (χ4v) is 7.93. The van der Waals surface area contributed by atoms with E-state index in [0.29, 0.717) is 0 Å². The Bertz CT molecular complexity index is 2650. The molecule has 6 aromatic carbocycles. The zero-order chi connectivity index (χ0) is 34.4. The average Bonchev–Trinajstić information content (AvgIpc) is 3.81. The molecule has 1 N–H and O–H groups in total. The van der Waals surface area contributed by atoms with E-state index in [-0.39, 0.29) is 12.0 Å². The van der Waals surface area contributed by atoms with Gasteiger partial charge in [0.05, 0.1) is 22.8 Å². The van der Waals surface area contributed by atoms with Crippen molar-refractivity contribution >= 4 is 22.3 Å². The lowest BCUT2D eigenvalue weighted by Crippen LogP contribution is -2.24. The molecule has 0 spiro atoms. The summed E-state index contributed by atoms with van der Waals surface area (Å²) >= 11 is 0. The van der Waals surface area contributed by atoms with Gasteiger partial charge in [-0.15, -0.1) is 0 Å². The lowest BCUT2D eigenvalue weighted by molar-refractivity contribution is 0.808. The Morgan fingerprint density at radius 2 is 1.25 bits per heavy atom. The highest BCUT2D eigenvalue weighted by Gasteiger charge is 2.36. The Hall–Kier alpha value is -6.78. The van der Waals surface area contributed by atoms with Gasteiger partial charge in [-0.2, -0.15) is 0 Å². The second-order valence-electron chi connectivity index (χ2n) is 13.5. The van der Waals surface area contributed by atoms with Gasteiger partial charge < -0.3 is 5.32 Å². The largest absolute Gasteiger partial charge is 0.377 e. The van der Waals surface area contributed by atoms with Gasteiger partial charge in [-0.25, -0.2) is 4.98 Å². The van der Waals surface area contributed by atoms with Gasteiger partial charge in [0.25, 0.3) is 0 Å². The molecule has 3 heterocycles. The third-order valence-corrected chi connectivity index (χ3v) is 10.4. The van der Waals surface area contributed by atoms with Crippen molar-refractivity contribution in [3.63, 3.8) is 0 Å². The summed E-state index contributed by atoms with van der Waals surface area (Å²) < 4.78 is 2.33. The van der Waals surface area contributed by atoms with Crippen LogP contribution < -0.4 is 5.32 Å². The van der Waals surface area contributed by atoms with Crippen LogP contribution in [-0.4, -0.2) is 20.6 Å². The summed E-state index contributed by atoms with van der Waals surface area (Å²) in [5.41, 5.74) is 15.6. The minimum atomic E-state index is 0.0844. The molecule has 1 aliphatic heterocycles. The number of pyridine rings is 1. The first-order valence-corrected chi connectivity index (χ1v) is 17.8. The maximum Gasteiger partial charge on any atom is 0.143 e. The molecule has 8 aromatic rings. The molecule has 0 radical (unpaired) electrons. The van der Waals surface area contributed by atoms with Crippen molar-refractivity contribution in [3.05, 3.63) is 200 Å². The molecule has 10 rings (SSSR count). The summed E-state index contributed by atoms with van der Waals surface area (Å²) in [6.07, 6.45) is 8.66. The van der Waals surface area contributed by atoms with Gasteiger partial charge in [0.1, 0.15) is 5.82 Å². The number of hydrogen-bond donors (Lipinski definition) is 1. The minimum absolute atomic E-state index is 0.0844. The van der Waals surface area contributed by atoms with Crippen LogP contribution in [0, 0.1) is 0 Å². The third-order valence-electron chi connectivity index (χ3n) is 10.4. The summed E-state index contributed by atoms with van der Waals surface area (Å²) in [6, 6.07) is 58.1. The number of nitrogens with one attached hydrogen (secondary N) is 1. The Morgan fingerprint density at radius 1 is 0.558 bits per heavy atom. The van der Waals surface area contributed by atoms with Crippen LogP contribution in [0.3, 0.4) is 0 Å². The molecule has 2 atom stereocenters. The zero-order valence-electron chi connectivity index (χ0n) is 28.4. The van der Waals surface area contributed by atoms with Gasteiger partial charge in [0, 0.05) is 40.2 Å². The molecule has 0 saturated heterocycles. The van der Waals surface area contributed by atoms with Gasteiger partial charge in [0.15, 0.2) is 0 Å². The number of imidazole rings is 1. The van der Waals surface area contributed by atoms with Gasteiger partial charge in [-0.1, -0.05) is 127 Å². The summed E-state index contributed by atoms with van der Waals surface area (Å²) in [7, 11) is 0. The van der Waals surface area contributed by atoms with Crippen LogP contribution in [-0.2, 0) is 0 Å². The van der Waals surface area contributed by atoms with Gasteiger partial charge in [0.2, 0.25) is 0 Å². The van der Waals surface area contributed by atoms with Crippen LogP contribution in [0.15, 0.2) is 188 Å². The smallest absolute Gasteiger partial charge is 0.143 e. The number of nitrogens with zero attached hydrogens (tertiary/aromatic N) is 3. The normalized spacial score (nSPS) is 15.9. The van der Waals surface area contributed by atoms with E-state index in [1.54, 1.807) is 0 Å². The summed E-state index contributed by atoms with van der Waals surface area (Å²) in [5, 5.41) is 3.84. The van der Waals surface area contributed by atoms with Crippen molar-refractivity contribution in [1.29, 1.82) is 0 Å². The van der Waals surface area contributed by atoms with Crippen molar-refractivity contribution in [2.24, 2.45) is 0 Å². The Kier molecular flexibility index (Phi) is 7.24. The SMILES string of the molecule is C1=CC2c3ccccc3NC2C(c2nc3c(-c4cc(-c5ccccc5)cc(-c5cc(-c6ccccc6)ccn5)c4)cccc3n2-c2ccccc2)=C1. The van der Waals surface area contributed by atoms with Crippen molar-refractivity contribution in [3.8, 4) is 50.3 Å². The summed E-state index contributed by atoms with van der Waals surface area (Å²) in [4.78, 5) is 10.5. The predicted octanol–water partition coefficient (Wildman–Crippen LogP) is 11.6. The first kappa shape index (κ1) is 30.1. The first-order chi connectivity index (χ1) is 25.8. The molecular weight excluding hydrogens is 633 g/mol. The van der Waals surface area contributed by atoms with Gasteiger partial charge in [-0.3, -0.25) is 9.55 Å². The highest BCUT2D eigenvalue weighted by molar-refractivity contribution is 5.97. The third kappa shape index (κ3) is 5.16. The Morgan fingerprint density at radius 3 is 2.06 bits per heavy atom. The fourth-order valence-electron chi connectivity index (χ4n) is 7.93. The van der Waals surface area contributed by atoms with E-state index in [1.807, 2.05) is 6.20 Å². The predicted molar refractivity (Wildman–Crippen MR) is 214 cm³/mol. The monoisotopic (exact) mass is 666 g/mol. The van der Waals surface area contributed by atoms with Crippen LogP contribution in [0.5, 0.6) is 0 Å². The molecule has 4 nitrogen and oxygen atoms in total. The molecule has 2 aromatic heterocycles. The molecule has 2 unspecified atom stereocenters. The number of benzene rings is 6. The molecule has 4 heteroatoms. The van der Waals surface area contributed by atoms with Crippen molar-refractivity contribution in [2.75, 3.05) is 5.32 Å². The van der Waals surface area contributed by atoms with Crippen LogP contribution in [0.2, 0.25) is 0 Å². The maximum absolute atomic E-state index is 5.58. The minimum Gasteiger partial charge on any atom is -0.377 e. The molecule has 0 saturated carbocycles. The molecule has 0 fully saturated rings. The summed E-state index contributed by atoms with van der Waals surface area (Å²) in [5.74, 6) is 1.19. The molecule has 0 amide bonds. The molecular formula is C48H34N4. The lowest BCUT2D eigenvalue weighted by atomic mass is 9.86. The number of aromatic nitrogens is 3. The van der Waals surface area contributed by atoms with Crippen molar-refractivity contribution in [1.82, 2.24) is 14.5 Å². The maximum atomic E-state index is 5.58. The van der Waals surface area contributed by atoms with E-state index in [1.165, 1.54) is 22.4 Å². The topological polar surface area (TPSA) is 42.7 Å². The van der Waals surface area contributed by atoms with Crippen molar-refractivity contribution < 1.29 is 0 Å². The Balaban J connectivity index is 1.17. The number of fused-ring (bicyclic) bond motifs is 4. The molecule has 1 aliphatic carbocycles. The second kappa shape index (κ2) is 12.5. The van der Waals surface area contributed by atoms with Crippen LogP contribution in [0.1, 0.15) is 17.3 Å². The highest BCUT2D eigenvalue weighted by Crippen LogP contribution is 2.45. The van der Waals surface area contributed by atoms with E-state index >= 15 is 0 Å². The average molecular weight is 667 g/mol. The molecule has 0 bridgehead atoms. The lowest BCUT2D eigenvalue weighted by Gasteiger charge is -2.24. The number of hydrogen-bond acceptors (Lipinski definition) is 3. The standard InChI is InChI=1S/C48H34N4/c1-4-14-32(15-5-1)34-26-27-49-44(31-34)37-29-35(33-16-6-2-7-17-33)28-36(30-37)39-21-13-25-45-47(39)51-48(52(45)38-18-8-3-9-19-38)42-23-12-22-41-40-20-10-11-24-43(40)50-46(41)42/h1-31,41,46,50H. The van der Waals surface area contributed by atoms with Gasteiger partial charge >= 0.3 is 0 Å². The van der Waals surface area contributed by atoms with E-state index < -0.39 is 0 Å². The first-order valence-electron chi connectivity index (χ1n) is 17.8. The second-order valence-corrected chi connectivity index (χ2v) is 13.5. The quantitative estimate of drug-likeness (QED) is 0.192. The number of rotatable bonds is 6. The van der Waals surface area contributed by atoms with E-state index in [4.69, 9.17) is 9.97 Å².